The number of nitrogens with zero attached hydrogens (tertiary/aromatic N) is 1. The average Bonchev–Trinajstić information content (AvgIpc) is 2.45. The van der Waals surface area contributed by atoms with Crippen molar-refractivity contribution in [2.45, 2.75) is 46.1 Å². The van der Waals surface area contributed by atoms with Gasteiger partial charge in [-0.25, -0.2) is 4.79 Å². The van der Waals surface area contributed by atoms with Crippen LogP contribution in [0, 0.1) is 11.8 Å². The van der Waals surface area contributed by atoms with Crippen LogP contribution >= 0.6 is 0 Å². The molecule has 0 aliphatic carbocycles. The lowest BCUT2D eigenvalue weighted by molar-refractivity contribution is -0.135. The molecule has 1 saturated heterocycles. The smallest absolute Gasteiger partial charge is 0.315 e. The molecule has 3 N–H and O–H groups in total. The van der Waals surface area contributed by atoms with Crippen molar-refractivity contribution in [2.75, 3.05) is 26.2 Å². The lowest BCUT2D eigenvalue weighted by Crippen LogP contribution is -2.53. The summed E-state index contributed by atoms with van der Waals surface area (Å²) in [6.45, 7) is 7.98. The van der Waals surface area contributed by atoms with Crippen LogP contribution in [0.25, 0.3) is 0 Å². The van der Waals surface area contributed by atoms with Crippen molar-refractivity contribution in [1.29, 1.82) is 0 Å². The van der Waals surface area contributed by atoms with E-state index in [1.165, 1.54) is 0 Å². The van der Waals surface area contributed by atoms with E-state index < -0.39 is 6.04 Å². The predicted molar refractivity (Wildman–Crippen MR) is 81.8 cm³/mol. The van der Waals surface area contributed by atoms with Gasteiger partial charge in [0, 0.05) is 26.2 Å². The Labute approximate surface area is 127 Å². The minimum absolute atomic E-state index is 0.00802. The van der Waals surface area contributed by atoms with Crippen LogP contribution < -0.4 is 10.6 Å². The molecule has 1 fully saturated rings. The highest BCUT2D eigenvalue weighted by molar-refractivity contribution is 5.87. The number of carbonyl (C=O) groups excluding carboxylic acids is 2. The van der Waals surface area contributed by atoms with Crippen molar-refractivity contribution in [2.24, 2.45) is 11.8 Å². The van der Waals surface area contributed by atoms with Crippen molar-refractivity contribution >= 4 is 11.9 Å². The molecule has 0 bridgehead atoms. The summed E-state index contributed by atoms with van der Waals surface area (Å²) in [4.78, 5) is 26.1. The number of amides is 3. The van der Waals surface area contributed by atoms with Crippen LogP contribution in [0.1, 0.15) is 40.0 Å². The predicted octanol–water partition coefficient (Wildman–Crippen LogP) is 0.951. The molecule has 0 spiro atoms. The number of aliphatic hydroxyl groups excluding tert-OH is 1. The maximum Gasteiger partial charge on any atom is 0.315 e. The lowest BCUT2D eigenvalue weighted by atomic mass is 9.96. The van der Waals surface area contributed by atoms with E-state index in [-0.39, 0.29) is 18.5 Å². The molecule has 6 heteroatoms. The molecule has 1 unspecified atom stereocenters. The highest BCUT2D eigenvalue weighted by Gasteiger charge is 2.29. The van der Waals surface area contributed by atoms with Crippen molar-refractivity contribution in [3.05, 3.63) is 0 Å². The first-order valence-electron chi connectivity index (χ1n) is 7.91. The first kappa shape index (κ1) is 17.8. The van der Waals surface area contributed by atoms with Gasteiger partial charge in [-0.15, -0.1) is 0 Å². The molecule has 1 atom stereocenters. The van der Waals surface area contributed by atoms with Crippen molar-refractivity contribution in [3.8, 4) is 0 Å². The summed E-state index contributed by atoms with van der Waals surface area (Å²) in [5.41, 5.74) is 0. The van der Waals surface area contributed by atoms with Gasteiger partial charge in [0.25, 0.3) is 0 Å². The van der Waals surface area contributed by atoms with Gasteiger partial charge in [-0.05, 0) is 38.0 Å². The van der Waals surface area contributed by atoms with Crippen molar-refractivity contribution in [3.63, 3.8) is 0 Å². The second kappa shape index (κ2) is 8.87. The summed E-state index contributed by atoms with van der Waals surface area (Å²) >= 11 is 0. The molecule has 1 rings (SSSR count). The number of aliphatic hydroxyl groups is 1. The molecule has 0 saturated carbocycles. The maximum absolute atomic E-state index is 12.6. The van der Waals surface area contributed by atoms with E-state index in [0.29, 0.717) is 37.9 Å². The monoisotopic (exact) mass is 299 g/mol. The van der Waals surface area contributed by atoms with Crippen molar-refractivity contribution in [1.82, 2.24) is 15.5 Å². The molecule has 0 aromatic carbocycles. The van der Waals surface area contributed by atoms with Gasteiger partial charge in [-0.1, -0.05) is 13.8 Å². The van der Waals surface area contributed by atoms with Gasteiger partial charge in [0.05, 0.1) is 0 Å². The molecule has 1 heterocycles. The van der Waals surface area contributed by atoms with Gasteiger partial charge in [-0.3, -0.25) is 4.79 Å². The van der Waals surface area contributed by atoms with Crippen molar-refractivity contribution < 1.29 is 14.7 Å². The SMILES string of the molecule is CCNC(=O)NC(CC(C)C)C(=O)N1CCC(CO)CC1. The Morgan fingerprint density at radius 2 is 1.90 bits per heavy atom. The number of nitrogens with one attached hydrogen (secondary N) is 2. The minimum Gasteiger partial charge on any atom is -0.396 e. The van der Waals surface area contributed by atoms with E-state index in [1.807, 2.05) is 25.7 Å². The normalized spacial score (nSPS) is 17.7. The third-order valence-electron chi connectivity index (χ3n) is 3.83. The van der Waals surface area contributed by atoms with Gasteiger partial charge in [-0.2, -0.15) is 0 Å². The van der Waals surface area contributed by atoms with Gasteiger partial charge in [0.2, 0.25) is 5.91 Å². The highest BCUT2D eigenvalue weighted by atomic mass is 16.3. The number of likely N-dealkylation sites (tertiary alicyclic amines) is 1. The summed E-state index contributed by atoms with van der Waals surface area (Å²) in [5, 5.41) is 14.6. The number of piperidine rings is 1. The largest absolute Gasteiger partial charge is 0.396 e. The fourth-order valence-electron chi connectivity index (χ4n) is 2.62. The Hall–Kier alpha value is -1.30. The molecule has 1 aliphatic rings. The summed E-state index contributed by atoms with van der Waals surface area (Å²) in [6, 6.07) is -0.760. The van der Waals surface area contributed by atoms with E-state index in [0.717, 1.165) is 12.8 Å². The summed E-state index contributed by atoms with van der Waals surface area (Å²) in [5.74, 6) is 0.621. The molecule has 122 valence electrons. The Morgan fingerprint density at radius 3 is 2.38 bits per heavy atom. The van der Waals surface area contributed by atoms with E-state index >= 15 is 0 Å². The molecular formula is C15H29N3O3. The fourth-order valence-corrected chi connectivity index (χ4v) is 2.62. The zero-order chi connectivity index (χ0) is 15.8. The molecule has 0 aromatic rings. The van der Waals surface area contributed by atoms with Crippen LogP contribution in [0.2, 0.25) is 0 Å². The van der Waals surface area contributed by atoms with E-state index in [4.69, 9.17) is 5.11 Å². The maximum atomic E-state index is 12.6. The van der Waals surface area contributed by atoms with Gasteiger partial charge < -0.3 is 20.6 Å². The topological polar surface area (TPSA) is 81.7 Å². The number of hydrogen-bond donors (Lipinski definition) is 3. The zero-order valence-electron chi connectivity index (χ0n) is 13.4. The molecule has 3 amide bonds. The van der Waals surface area contributed by atoms with Crippen LogP contribution in [0.4, 0.5) is 4.79 Å². The quantitative estimate of drug-likeness (QED) is 0.683. The van der Waals surface area contributed by atoms with Gasteiger partial charge in [0.1, 0.15) is 6.04 Å². The molecule has 6 nitrogen and oxygen atoms in total. The molecule has 0 radical (unpaired) electrons. The number of rotatable bonds is 6. The highest BCUT2D eigenvalue weighted by Crippen LogP contribution is 2.18. The first-order valence-corrected chi connectivity index (χ1v) is 7.91. The standard InChI is InChI=1S/C15H29N3O3/c1-4-16-15(21)17-13(9-11(2)3)14(20)18-7-5-12(10-19)6-8-18/h11-13,19H,4-10H2,1-3H3,(H2,16,17,21). The molecule has 1 aliphatic heterocycles. The van der Waals surface area contributed by atoms with Crippen LogP contribution in [0.5, 0.6) is 0 Å². The number of urea groups is 1. The van der Waals surface area contributed by atoms with Crippen LogP contribution in [0.15, 0.2) is 0 Å². The van der Waals surface area contributed by atoms with E-state index in [9.17, 15) is 9.59 Å². The second-order valence-corrected chi connectivity index (χ2v) is 6.14. The summed E-state index contributed by atoms with van der Waals surface area (Å²) in [6.07, 6.45) is 2.30. The number of carbonyl (C=O) groups is 2. The lowest BCUT2D eigenvalue weighted by Gasteiger charge is -2.34. The fraction of sp³-hybridized carbons (Fsp3) is 0.867. The van der Waals surface area contributed by atoms with Crippen LogP contribution in [0.3, 0.4) is 0 Å². The Kier molecular flexibility index (Phi) is 7.50. The Morgan fingerprint density at radius 1 is 1.29 bits per heavy atom. The summed E-state index contributed by atoms with van der Waals surface area (Å²) in [7, 11) is 0. The Bertz CT molecular complexity index is 339. The minimum atomic E-state index is -0.470. The third kappa shape index (κ3) is 5.91. The van der Waals surface area contributed by atoms with Gasteiger partial charge >= 0.3 is 6.03 Å². The van der Waals surface area contributed by atoms with E-state index in [2.05, 4.69) is 10.6 Å². The van der Waals surface area contributed by atoms with Crippen LogP contribution in [-0.4, -0.2) is 54.2 Å². The summed E-state index contributed by atoms with van der Waals surface area (Å²) < 4.78 is 0. The van der Waals surface area contributed by atoms with E-state index in [1.54, 1.807) is 0 Å². The second-order valence-electron chi connectivity index (χ2n) is 6.14. The zero-order valence-corrected chi connectivity index (χ0v) is 13.4. The molecule has 0 aromatic heterocycles. The first-order chi connectivity index (χ1) is 9.97. The third-order valence-corrected chi connectivity index (χ3v) is 3.83. The molecular weight excluding hydrogens is 270 g/mol. The number of hydrogen-bond acceptors (Lipinski definition) is 3. The van der Waals surface area contributed by atoms with Gasteiger partial charge in [0.15, 0.2) is 0 Å². The van der Waals surface area contributed by atoms with Crippen LogP contribution in [-0.2, 0) is 4.79 Å². The molecule has 21 heavy (non-hydrogen) atoms. The average molecular weight is 299 g/mol. The Balaban J connectivity index is 2.60.